The summed E-state index contributed by atoms with van der Waals surface area (Å²) in [5.41, 5.74) is 0. The van der Waals surface area contributed by atoms with E-state index in [1.165, 1.54) is 128 Å². The van der Waals surface area contributed by atoms with E-state index in [0.717, 1.165) is 38.5 Å². The molecule has 312 valence electrons. The van der Waals surface area contributed by atoms with Crippen LogP contribution in [0.15, 0.2) is 0 Å². The van der Waals surface area contributed by atoms with Gasteiger partial charge in [-0.3, -0.25) is 9.59 Å². The van der Waals surface area contributed by atoms with Gasteiger partial charge in [-0.05, 0) is 40.5 Å². The zero-order chi connectivity index (χ0) is 39.2. The van der Waals surface area contributed by atoms with Crippen LogP contribution in [0.1, 0.15) is 221 Å². The molecule has 0 aromatic heterocycles. The van der Waals surface area contributed by atoms with E-state index in [1.807, 2.05) is 0 Å². The maximum Gasteiger partial charge on any atom is 0.306 e. The largest absolute Gasteiger partial charge is 0.462 e. The van der Waals surface area contributed by atoms with Gasteiger partial charge in [0, 0.05) is 24.9 Å². The van der Waals surface area contributed by atoms with Crippen molar-refractivity contribution in [3.8, 4) is 0 Å². The standard InChI is InChI=1S/C44H85N2O6P/c1-8-10-12-14-16-18-20-22-24-26-28-30-32-34-43(47)49-38-42(39-51-53(50-37-36-45-7)46(40(3)4)41(5)6)52-44(48)35-33-31-29-27-25-23-21-19-17-15-13-11-9-2/h40-42H,8-39H2,1-6H3. The molecule has 2 unspecified atom stereocenters. The van der Waals surface area contributed by atoms with E-state index in [1.54, 1.807) is 0 Å². The van der Waals surface area contributed by atoms with Crippen molar-refractivity contribution in [3.05, 3.63) is 11.4 Å². The van der Waals surface area contributed by atoms with Crippen LogP contribution in [0.5, 0.6) is 0 Å². The van der Waals surface area contributed by atoms with Gasteiger partial charge in [-0.15, -0.1) is 0 Å². The van der Waals surface area contributed by atoms with Crippen LogP contribution in [0, 0.1) is 6.57 Å². The predicted octanol–water partition coefficient (Wildman–Crippen LogP) is 13.7. The third-order valence-electron chi connectivity index (χ3n) is 9.72. The Hall–Kier alpha value is -1.26. The molecule has 0 saturated carbocycles. The number of hydrogen-bond donors (Lipinski definition) is 0. The summed E-state index contributed by atoms with van der Waals surface area (Å²) >= 11 is 0. The monoisotopic (exact) mass is 769 g/mol. The lowest BCUT2D eigenvalue weighted by atomic mass is 10.0. The average Bonchev–Trinajstić information content (AvgIpc) is 3.12. The van der Waals surface area contributed by atoms with E-state index in [4.69, 9.17) is 25.1 Å². The van der Waals surface area contributed by atoms with Crippen molar-refractivity contribution in [2.75, 3.05) is 26.4 Å². The number of carbonyl (C=O) groups is 2. The summed E-state index contributed by atoms with van der Waals surface area (Å²) in [7, 11) is -1.49. The van der Waals surface area contributed by atoms with Gasteiger partial charge in [-0.25, -0.2) is 11.2 Å². The zero-order valence-electron chi connectivity index (χ0n) is 35.7. The summed E-state index contributed by atoms with van der Waals surface area (Å²) in [6.07, 6.45) is 32.6. The minimum absolute atomic E-state index is 0.0315. The van der Waals surface area contributed by atoms with Gasteiger partial charge in [0.1, 0.15) is 13.2 Å². The predicted molar refractivity (Wildman–Crippen MR) is 224 cm³/mol. The molecule has 8 nitrogen and oxygen atoms in total. The van der Waals surface area contributed by atoms with Crippen molar-refractivity contribution < 1.29 is 28.1 Å². The highest BCUT2D eigenvalue weighted by molar-refractivity contribution is 7.44. The molecule has 0 aliphatic rings. The molecule has 0 aliphatic carbocycles. The molecule has 0 radical (unpaired) electrons. The first kappa shape index (κ1) is 51.7. The van der Waals surface area contributed by atoms with Crippen LogP contribution in [0.2, 0.25) is 0 Å². The van der Waals surface area contributed by atoms with E-state index < -0.39 is 14.6 Å². The lowest BCUT2D eigenvalue weighted by Crippen LogP contribution is -2.35. The fraction of sp³-hybridized carbons (Fsp3) is 0.932. The number of esters is 2. The molecule has 2 atom stereocenters. The Kier molecular flexibility index (Phi) is 38.1. The van der Waals surface area contributed by atoms with Gasteiger partial charge in [0.25, 0.3) is 8.53 Å². The zero-order valence-corrected chi connectivity index (χ0v) is 36.5. The molecule has 0 N–H and O–H groups in total. The SMILES string of the molecule is [C-]#[N+]CCOP(OCC(COC(=O)CCCCCCCCCCCCCCC)OC(=O)CCCCCCCCCCCCCCC)N(C(C)C)C(C)C. The molecule has 0 fully saturated rings. The minimum Gasteiger partial charge on any atom is -0.462 e. The highest BCUT2D eigenvalue weighted by Gasteiger charge is 2.29. The van der Waals surface area contributed by atoms with Crippen LogP contribution < -0.4 is 0 Å². The van der Waals surface area contributed by atoms with E-state index >= 15 is 0 Å². The molecule has 0 aromatic rings. The Labute approximate surface area is 329 Å². The molecule has 53 heavy (non-hydrogen) atoms. The molecule has 0 amide bonds. The van der Waals surface area contributed by atoms with Crippen molar-refractivity contribution in [1.82, 2.24) is 4.67 Å². The Morgan fingerprint density at radius 1 is 0.547 bits per heavy atom. The highest BCUT2D eigenvalue weighted by Crippen LogP contribution is 2.46. The smallest absolute Gasteiger partial charge is 0.306 e. The maximum absolute atomic E-state index is 12.9. The second-order valence-corrected chi connectivity index (χ2v) is 17.1. The van der Waals surface area contributed by atoms with Crippen molar-refractivity contribution in [3.63, 3.8) is 0 Å². The van der Waals surface area contributed by atoms with Gasteiger partial charge in [-0.2, -0.15) is 0 Å². The van der Waals surface area contributed by atoms with Crippen molar-refractivity contribution >= 4 is 20.5 Å². The first-order valence-electron chi connectivity index (χ1n) is 22.3. The van der Waals surface area contributed by atoms with E-state index in [2.05, 4.69) is 51.1 Å². The van der Waals surface area contributed by atoms with Crippen molar-refractivity contribution in [2.24, 2.45) is 0 Å². The fourth-order valence-electron chi connectivity index (χ4n) is 6.65. The second-order valence-electron chi connectivity index (χ2n) is 15.6. The lowest BCUT2D eigenvalue weighted by molar-refractivity contribution is -0.161. The van der Waals surface area contributed by atoms with E-state index in [-0.39, 0.29) is 50.4 Å². The molecular weight excluding hydrogens is 683 g/mol. The van der Waals surface area contributed by atoms with Crippen molar-refractivity contribution in [1.29, 1.82) is 0 Å². The normalized spacial score (nSPS) is 12.8. The first-order chi connectivity index (χ1) is 25.8. The van der Waals surface area contributed by atoms with Gasteiger partial charge in [0.05, 0.1) is 6.61 Å². The van der Waals surface area contributed by atoms with Gasteiger partial charge in [0.15, 0.2) is 6.10 Å². The summed E-state index contributed by atoms with van der Waals surface area (Å²) in [6.45, 7) is 20.6. The molecule has 9 heteroatoms. The second kappa shape index (κ2) is 39.0. The van der Waals surface area contributed by atoms with E-state index in [0.29, 0.717) is 12.8 Å². The Balaban J connectivity index is 4.69. The van der Waals surface area contributed by atoms with Crippen molar-refractivity contribution in [2.45, 2.75) is 240 Å². The van der Waals surface area contributed by atoms with Crippen LogP contribution in [0.4, 0.5) is 0 Å². The topological polar surface area (TPSA) is 78.7 Å². The van der Waals surface area contributed by atoms with Crippen LogP contribution in [0.25, 0.3) is 4.85 Å². The summed E-state index contributed by atoms with van der Waals surface area (Å²) < 4.78 is 25.9. The lowest BCUT2D eigenvalue weighted by Gasteiger charge is -2.35. The molecule has 0 saturated heterocycles. The van der Waals surface area contributed by atoms with Gasteiger partial charge >= 0.3 is 11.9 Å². The van der Waals surface area contributed by atoms with Crippen LogP contribution in [-0.2, 0) is 28.1 Å². The van der Waals surface area contributed by atoms with Crippen LogP contribution in [-0.4, -0.2) is 61.2 Å². The number of hydrogen-bond acceptors (Lipinski definition) is 7. The maximum atomic E-state index is 12.9. The molecule has 0 aromatic carbocycles. The van der Waals surface area contributed by atoms with Gasteiger partial charge in [0.2, 0.25) is 6.54 Å². The third-order valence-corrected chi connectivity index (χ3v) is 11.8. The molecule has 0 spiro atoms. The quantitative estimate of drug-likeness (QED) is 0.0266. The summed E-state index contributed by atoms with van der Waals surface area (Å²) in [5.74, 6) is -0.538. The number of carbonyl (C=O) groups excluding carboxylic acids is 2. The van der Waals surface area contributed by atoms with Gasteiger partial charge < -0.3 is 23.4 Å². The van der Waals surface area contributed by atoms with Crippen LogP contribution in [0.3, 0.4) is 0 Å². The van der Waals surface area contributed by atoms with Crippen LogP contribution >= 0.6 is 8.53 Å². The number of nitrogens with zero attached hydrogens (tertiary/aromatic N) is 2. The Bertz CT molecular complexity index is 859. The van der Waals surface area contributed by atoms with Gasteiger partial charge in [-0.1, -0.05) is 168 Å². The third kappa shape index (κ3) is 33.8. The molecule has 0 aliphatic heterocycles. The fourth-order valence-corrected chi connectivity index (χ4v) is 8.28. The molecule has 0 heterocycles. The summed E-state index contributed by atoms with van der Waals surface area (Å²) in [4.78, 5) is 29.0. The first-order valence-corrected chi connectivity index (χ1v) is 23.4. The average molecular weight is 769 g/mol. The summed E-state index contributed by atoms with van der Waals surface area (Å²) in [6, 6.07) is 0.312. The minimum atomic E-state index is -1.49. The van der Waals surface area contributed by atoms with E-state index in [9.17, 15) is 9.59 Å². The molecular formula is C44H85N2O6P. The Morgan fingerprint density at radius 3 is 1.30 bits per heavy atom. The Morgan fingerprint density at radius 2 is 0.925 bits per heavy atom. The highest BCUT2D eigenvalue weighted by atomic mass is 31.2. The summed E-state index contributed by atoms with van der Waals surface area (Å²) in [5, 5.41) is 0. The number of rotatable bonds is 40. The molecule has 0 rings (SSSR count). The number of unbranched alkanes of at least 4 members (excludes halogenated alkanes) is 24. The number of ether oxygens (including phenoxy) is 2. The molecule has 0 bridgehead atoms.